The summed E-state index contributed by atoms with van der Waals surface area (Å²) in [7, 11) is 0. The zero-order valence-corrected chi connectivity index (χ0v) is 13.5. The first kappa shape index (κ1) is 16.5. The van der Waals surface area contributed by atoms with Crippen LogP contribution in [0.3, 0.4) is 0 Å². The Bertz CT molecular complexity index is 730. The van der Waals surface area contributed by atoms with E-state index in [4.69, 9.17) is 4.74 Å². The van der Waals surface area contributed by atoms with Gasteiger partial charge in [-0.1, -0.05) is 60.7 Å². The number of carbonyl (C=O) groups excluding carboxylic acids is 1. The average Bonchev–Trinajstić information content (AvgIpc) is 2.58. The van der Waals surface area contributed by atoms with Crippen molar-refractivity contribution >= 4 is 12.0 Å². The lowest BCUT2D eigenvalue weighted by Gasteiger charge is -2.05. The van der Waals surface area contributed by atoms with Crippen molar-refractivity contribution in [2.24, 2.45) is 0 Å². The van der Waals surface area contributed by atoms with Crippen LogP contribution in [0, 0.1) is 0 Å². The van der Waals surface area contributed by atoms with Gasteiger partial charge in [-0.2, -0.15) is 0 Å². The minimum atomic E-state index is -0.355. The number of esters is 1. The van der Waals surface area contributed by atoms with Crippen LogP contribution in [0.1, 0.15) is 25.0 Å². The SMILES string of the molecule is CC(C)=C=C/C(=C\c1ccccc1)C(=O)OCc1ccccc1. The fourth-order valence-electron chi connectivity index (χ4n) is 1.92. The van der Waals surface area contributed by atoms with E-state index in [1.165, 1.54) is 0 Å². The molecule has 0 atom stereocenters. The highest BCUT2D eigenvalue weighted by Crippen LogP contribution is 2.11. The molecule has 0 radical (unpaired) electrons. The smallest absolute Gasteiger partial charge is 0.339 e. The predicted octanol–water partition coefficient (Wildman–Crippen LogP) is 4.93. The van der Waals surface area contributed by atoms with Crippen molar-refractivity contribution in [1.82, 2.24) is 0 Å². The molecule has 0 heterocycles. The van der Waals surface area contributed by atoms with Crippen LogP contribution in [0.5, 0.6) is 0 Å². The minimum Gasteiger partial charge on any atom is -0.457 e. The standard InChI is InChI=1S/C21H20O2/c1-17(2)13-14-20(15-18-9-5-3-6-10-18)21(22)23-16-19-11-7-4-8-12-19/h3-12,14-15H,16H2,1-2H3/b20-15+. The van der Waals surface area contributed by atoms with Gasteiger partial charge in [0.2, 0.25) is 0 Å². The number of rotatable bonds is 5. The second kappa shape index (κ2) is 8.57. The van der Waals surface area contributed by atoms with Crippen LogP contribution in [-0.4, -0.2) is 5.97 Å². The van der Waals surface area contributed by atoms with E-state index < -0.39 is 0 Å². The lowest BCUT2D eigenvalue weighted by molar-refractivity contribution is -0.139. The molecule has 2 aromatic rings. The molecular formula is C21H20O2. The average molecular weight is 304 g/mol. The molecule has 0 aromatic heterocycles. The Kier molecular flexibility index (Phi) is 6.17. The molecule has 0 aliphatic carbocycles. The summed E-state index contributed by atoms with van der Waals surface area (Å²) in [5.74, 6) is -0.355. The highest BCUT2D eigenvalue weighted by atomic mass is 16.5. The quantitative estimate of drug-likeness (QED) is 0.339. The van der Waals surface area contributed by atoms with Gasteiger partial charge in [0.05, 0.1) is 5.57 Å². The first-order valence-electron chi connectivity index (χ1n) is 7.53. The number of hydrogen-bond donors (Lipinski definition) is 0. The third-order valence-corrected chi connectivity index (χ3v) is 3.09. The third kappa shape index (κ3) is 5.82. The normalized spacial score (nSPS) is 10.6. The number of benzene rings is 2. The van der Waals surface area contributed by atoms with Crippen molar-refractivity contribution in [1.29, 1.82) is 0 Å². The molecule has 2 nitrogen and oxygen atoms in total. The second-order valence-corrected chi connectivity index (χ2v) is 5.36. The summed E-state index contributed by atoms with van der Waals surface area (Å²) in [6.07, 6.45) is 3.49. The fraction of sp³-hybridized carbons (Fsp3) is 0.143. The zero-order chi connectivity index (χ0) is 16.5. The molecule has 0 bridgehead atoms. The Morgan fingerprint density at radius 1 is 1.00 bits per heavy atom. The van der Waals surface area contributed by atoms with E-state index in [1.807, 2.05) is 80.6 Å². The van der Waals surface area contributed by atoms with Gasteiger partial charge < -0.3 is 4.74 Å². The molecule has 116 valence electrons. The van der Waals surface area contributed by atoms with Gasteiger partial charge in [0.15, 0.2) is 0 Å². The van der Waals surface area contributed by atoms with E-state index in [0.29, 0.717) is 5.57 Å². The van der Waals surface area contributed by atoms with E-state index in [9.17, 15) is 4.79 Å². The summed E-state index contributed by atoms with van der Waals surface area (Å²) in [4.78, 5) is 12.4. The van der Waals surface area contributed by atoms with Gasteiger partial charge in [0.1, 0.15) is 6.61 Å². The highest BCUT2D eigenvalue weighted by Gasteiger charge is 2.08. The topological polar surface area (TPSA) is 26.3 Å². The molecule has 2 aromatic carbocycles. The molecule has 0 amide bonds. The van der Waals surface area contributed by atoms with Crippen LogP contribution in [0.4, 0.5) is 0 Å². The van der Waals surface area contributed by atoms with E-state index >= 15 is 0 Å². The van der Waals surface area contributed by atoms with E-state index in [1.54, 1.807) is 6.08 Å². The van der Waals surface area contributed by atoms with Crippen molar-refractivity contribution < 1.29 is 9.53 Å². The third-order valence-electron chi connectivity index (χ3n) is 3.09. The van der Waals surface area contributed by atoms with Gasteiger partial charge >= 0.3 is 5.97 Å². The monoisotopic (exact) mass is 304 g/mol. The van der Waals surface area contributed by atoms with Gasteiger partial charge in [0, 0.05) is 0 Å². The Morgan fingerprint density at radius 2 is 1.61 bits per heavy atom. The van der Waals surface area contributed by atoms with Crippen LogP contribution >= 0.6 is 0 Å². The molecular weight excluding hydrogens is 284 g/mol. The Morgan fingerprint density at radius 3 is 2.22 bits per heavy atom. The fourth-order valence-corrected chi connectivity index (χ4v) is 1.92. The van der Waals surface area contributed by atoms with Gasteiger partial charge in [-0.3, -0.25) is 0 Å². The van der Waals surface area contributed by atoms with Crippen molar-refractivity contribution in [3.05, 3.63) is 94.7 Å². The molecule has 2 heteroatoms. The van der Waals surface area contributed by atoms with Crippen LogP contribution in [0.25, 0.3) is 6.08 Å². The molecule has 0 aliphatic rings. The van der Waals surface area contributed by atoms with Crippen LogP contribution in [0.15, 0.2) is 83.6 Å². The van der Waals surface area contributed by atoms with Crippen LogP contribution in [0.2, 0.25) is 0 Å². The maximum atomic E-state index is 12.4. The lowest BCUT2D eigenvalue weighted by Crippen LogP contribution is -2.06. The Hall–Kier alpha value is -2.83. The van der Waals surface area contributed by atoms with Gasteiger partial charge in [0.25, 0.3) is 0 Å². The first-order chi connectivity index (χ1) is 11.1. The minimum absolute atomic E-state index is 0.258. The first-order valence-corrected chi connectivity index (χ1v) is 7.53. The molecule has 0 unspecified atom stereocenters. The van der Waals surface area contributed by atoms with Crippen molar-refractivity contribution in [2.45, 2.75) is 20.5 Å². The zero-order valence-electron chi connectivity index (χ0n) is 13.5. The summed E-state index contributed by atoms with van der Waals surface area (Å²) >= 11 is 0. The van der Waals surface area contributed by atoms with E-state index in [0.717, 1.165) is 16.7 Å². The lowest BCUT2D eigenvalue weighted by atomic mass is 10.1. The molecule has 0 aliphatic heterocycles. The van der Waals surface area contributed by atoms with Gasteiger partial charge in [-0.15, -0.1) is 5.73 Å². The van der Waals surface area contributed by atoms with E-state index in [2.05, 4.69) is 5.73 Å². The molecule has 0 fully saturated rings. The Balaban J connectivity index is 2.18. The molecule has 2 rings (SSSR count). The number of ether oxygens (including phenoxy) is 1. The van der Waals surface area contributed by atoms with Crippen molar-refractivity contribution in [2.75, 3.05) is 0 Å². The van der Waals surface area contributed by atoms with Gasteiger partial charge in [-0.05, 0) is 42.7 Å². The van der Waals surface area contributed by atoms with Crippen LogP contribution in [-0.2, 0) is 16.1 Å². The van der Waals surface area contributed by atoms with Crippen molar-refractivity contribution in [3.8, 4) is 0 Å². The number of hydrogen-bond acceptors (Lipinski definition) is 2. The summed E-state index contributed by atoms with van der Waals surface area (Å²) in [5, 5.41) is 0. The maximum Gasteiger partial charge on any atom is 0.339 e. The number of carbonyl (C=O) groups is 1. The molecule has 0 spiro atoms. The summed E-state index contributed by atoms with van der Waals surface area (Å²) in [6.45, 7) is 4.13. The second-order valence-electron chi connectivity index (χ2n) is 5.36. The van der Waals surface area contributed by atoms with Crippen molar-refractivity contribution in [3.63, 3.8) is 0 Å². The maximum absolute atomic E-state index is 12.4. The Labute approximate surface area is 137 Å². The molecule has 0 saturated heterocycles. The van der Waals surface area contributed by atoms with Crippen LogP contribution < -0.4 is 0 Å². The summed E-state index contributed by atoms with van der Waals surface area (Å²) in [5.41, 5.74) is 6.46. The predicted molar refractivity (Wildman–Crippen MR) is 93.6 cm³/mol. The molecule has 0 saturated carbocycles. The summed E-state index contributed by atoms with van der Waals surface area (Å²) < 4.78 is 5.41. The summed E-state index contributed by atoms with van der Waals surface area (Å²) in [6, 6.07) is 19.3. The molecule has 0 N–H and O–H groups in total. The highest BCUT2D eigenvalue weighted by molar-refractivity contribution is 5.96. The largest absolute Gasteiger partial charge is 0.457 e. The van der Waals surface area contributed by atoms with Gasteiger partial charge in [-0.25, -0.2) is 4.79 Å². The van der Waals surface area contributed by atoms with E-state index in [-0.39, 0.29) is 12.6 Å². The molecule has 23 heavy (non-hydrogen) atoms.